The highest BCUT2D eigenvalue weighted by Gasteiger charge is 2.08. The second kappa shape index (κ2) is 27.6. The second-order valence-corrected chi connectivity index (χ2v) is 12.3. The highest BCUT2D eigenvalue weighted by Crippen LogP contribution is 2.22. The largest absolute Gasteiger partial charge is 0.371 e. The average molecular weight is 528 g/mol. The standard InChI is InChI=1S/C37H69N/c1-4-6-8-10-12-14-16-18-19-21-23-25-27-31-35-38(37-33-29-28-32-36(37)3)34-30-26-24-22-20-17-15-13-11-9-7-5-2/h28-29,32-33H,4-27,30-31,34-35H2,1-3H3. The molecule has 0 fully saturated rings. The molecule has 0 atom stereocenters. The van der Waals surface area contributed by atoms with Crippen LogP contribution >= 0.6 is 0 Å². The zero-order valence-electron chi connectivity index (χ0n) is 26.6. The van der Waals surface area contributed by atoms with E-state index in [0.29, 0.717) is 0 Å². The van der Waals surface area contributed by atoms with E-state index >= 15 is 0 Å². The van der Waals surface area contributed by atoms with Gasteiger partial charge >= 0.3 is 0 Å². The molecule has 0 bridgehead atoms. The number of aryl methyl sites for hydroxylation is 1. The molecule has 0 aliphatic heterocycles. The van der Waals surface area contributed by atoms with Gasteiger partial charge in [-0.3, -0.25) is 0 Å². The Bertz CT molecular complexity index is 594. The Hall–Kier alpha value is -0.980. The smallest absolute Gasteiger partial charge is 0.0395 e. The molecule has 0 unspecified atom stereocenters. The van der Waals surface area contributed by atoms with E-state index in [1.54, 1.807) is 0 Å². The minimum absolute atomic E-state index is 1.24. The molecule has 0 radical (unpaired) electrons. The van der Waals surface area contributed by atoms with Crippen LogP contribution in [0.4, 0.5) is 5.69 Å². The Morgan fingerprint density at radius 2 is 0.684 bits per heavy atom. The van der Waals surface area contributed by atoms with Crippen molar-refractivity contribution in [2.45, 2.75) is 188 Å². The third kappa shape index (κ3) is 20.9. The van der Waals surface area contributed by atoms with Crippen molar-refractivity contribution in [2.24, 2.45) is 0 Å². The van der Waals surface area contributed by atoms with Crippen LogP contribution in [0.2, 0.25) is 0 Å². The molecule has 0 heterocycles. The van der Waals surface area contributed by atoms with Gasteiger partial charge in [-0.1, -0.05) is 186 Å². The Labute approximate surface area is 241 Å². The second-order valence-electron chi connectivity index (χ2n) is 12.3. The minimum Gasteiger partial charge on any atom is -0.371 e. The van der Waals surface area contributed by atoms with Crippen molar-refractivity contribution in [3.8, 4) is 0 Å². The van der Waals surface area contributed by atoms with Gasteiger partial charge in [0.05, 0.1) is 0 Å². The van der Waals surface area contributed by atoms with Crippen molar-refractivity contribution in [3.05, 3.63) is 29.8 Å². The van der Waals surface area contributed by atoms with Crippen LogP contribution in [0.25, 0.3) is 0 Å². The number of hydrogen-bond donors (Lipinski definition) is 0. The molecule has 0 N–H and O–H groups in total. The van der Waals surface area contributed by atoms with Crippen LogP contribution in [0.15, 0.2) is 24.3 Å². The molecule has 0 amide bonds. The van der Waals surface area contributed by atoms with Gasteiger partial charge in [-0.15, -0.1) is 0 Å². The maximum absolute atomic E-state index is 2.70. The number of unbranched alkanes of at least 4 members (excludes halogenated alkanes) is 24. The third-order valence-corrected chi connectivity index (χ3v) is 8.52. The summed E-state index contributed by atoms with van der Waals surface area (Å²) in [5, 5.41) is 0. The van der Waals surface area contributed by atoms with Crippen LogP contribution in [0, 0.1) is 6.92 Å². The van der Waals surface area contributed by atoms with E-state index in [4.69, 9.17) is 0 Å². The topological polar surface area (TPSA) is 3.24 Å². The number of hydrogen-bond acceptors (Lipinski definition) is 1. The average Bonchev–Trinajstić information content (AvgIpc) is 2.93. The summed E-state index contributed by atoms with van der Waals surface area (Å²) in [6.07, 6.45) is 37.3. The van der Waals surface area contributed by atoms with E-state index in [9.17, 15) is 0 Å². The zero-order chi connectivity index (χ0) is 27.4. The van der Waals surface area contributed by atoms with Crippen LogP contribution in [0.1, 0.15) is 186 Å². The fourth-order valence-electron chi connectivity index (χ4n) is 5.91. The summed E-state index contributed by atoms with van der Waals surface area (Å²) in [7, 11) is 0. The predicted octanol–water partition coefficient (Wildman–Crippen LogP) is 13.0. The maximum atomic E-state index is 2.70. The fraction of sp³-hybridized carbons (Fsp3) is 0.838. The predicted molar refractivity (Wildman–Crippen MR) is 175 cm³/mol. The van der Waals surface area contributed by atoms with Crippen LogP contribution in [-0.2, 0) is 0 Å². The van der Waals surface area contributed by atoms with Gasteiger partial charge in [0, 0.05) is 18.8 Å². The first-order chi connectivity index (χ1) is 18.8. The molecule has 1 aromatic rings. The molecule has 1 heteroatoms. The monoisotopic (exact) mass is 528 g/mol. The molecule has 0 aliphatic carbocycles. The summed E-state index contributed by atoms with van der Waals surface area (Å²) in [4.78, 5) is 2.70. The van der Waals surface area contributed by atoms with Crippen molar-refractivity contribution < 1.29 is 0 Å². The van der Waals surface area contributed by atoms with Crippen LogP contribution in [-0.4, -0.2) is 13.1 Å². The number of nitrogens with zero attached hydrogens (tertiary/aromatic N) is 1. The van der Waals surface area contributed by atoms with Crippen LogP contribution < -0.4 is 4.90 Å². The van der Waals surface area contributed by atoms with E-state index in [-0.39, 0.29) is 0 Å². The molecule has 0 saturated heterocycles. The first-order valence-electron chi connectivity index (χ1n) is 17.6. The van der Waals surface area contributed by atoms with E-state index in [1.165, 1.54) is 191 Å². The summed E-state index contributed by atoms with van der Waals surface area (Å²) in [5.41, 5.74) is 2.92. The van der Waals surface area contributed by atoms with Gasteiger partial charge < -0.3 is 4.90 Å². The van der Waals surface area contributed by atoms with Crippen molar-refractivity contribution in [3.63, 3.8) is 0 Å². The Kier molecular flexibility index (Phi) is 25.4. The fourth-order valence-corrected chi connectivity index (χ4v) is 5.91. The molecule has 0 spiro atoms. The zero-order valence-corrected chi connectivity index (χ0v) is 26.6. The lowest BCUT2D eigenvalue weighted by Crippen LogP contribution is -2.26. The molecule has 1 nitrogen and oxygen atoms in total. The molecule has 222 valence electrons. The molecule has 1 aromatic carbocycles. The highest BCUT2D eigenvalue weighted by molar-refractivity contribution is 5.52. The highest BCUT2D eigenvalue weighted by atomic mass is 15.1. The Balaban J connectivity index is 2.08. The lowest BCUT2D eigenvalue weighted by atomic mass is 10.0. The number of anilines is 1. The van der Waals surface area contributed by atoms with E-state index in [0.717, 1.165) is 0 Å². The lowest BCUT2D eigenvalue weighted by molar-refractivity contribution is 0.531. The van der Waals surface area contributed by atoms with Gasteiger partial charge in [0.1, 0.15) is 0 Å². The Morgan fingerprint density at radius 1 is 0.395 bits per heavy atom. The lowest BCUT2D eigenvalue weighted by Gasteiger charge is -2.26. The van der Waals surface area contributed by atoms with E-state index in [1.807, 2.05) is 0 Å². The first-order valence-corrected chi connectivity index (χ1v) is 17.6. The molecule has 0 aromatic heterocycles. The van der Waals surface area contributed by atoms with Gasteiger partial charge in [-0.05, 0) is 31.4 Å². The van der Waals surface area contributed by atoms with Crippen molar-refractivity contribution in [2.75, 3.05) is 18.0 Å². The molecule has 1 rings (SSSR count). The number of rotatable bonds is 29. The first kappa shape index (κ1) is 35.0. The van der Waals surface area contributed by atoms with Crippen molar-refractivity contribution in [1.29, 1.82) is 0 Å². The quantitative estimate of drug-likeness (QED) is 0.0936. The maximum Gasteiger partial charge on any atom is 0.0395 e. The molecule has 38 heavy (non-hydrogen) atoms. The normalized spacial score (nSPS) is 11.3. The molecule has 0 aliphatic rings. The summed E-state index contributed by atoms with van der Waals surface area (Å²) >= 11 is 0. The minimum atomic E-state index is 1.24. The van der Waals surface area contributed by atoms with Gasteiger partial charge in [0.2, 0.25) is 0 Å². The summed E-state index contributed by atoms with van der Waals surface area (Å²) in [6.45, 7) is 9.37. The third-order valence-electron chi connectivity index (χ3n) is 8.52. The molecular weight excluding hydrogens is 458 g/mol. The van der Waals surface area contributed by atoms with E-state index < -0.39 is 0 Å². The summed E-state index contributed by atoms with van der Waals surface area (Å²) < 4.78 is 0. The van der Waals surface area contributed by atoms with Crippen molar-refractivity contribution >= 4 is 5.69 Å². The van der Waals surface area contributed by atoms with Gasteiger partial charge in [0.15, 0.2) is 0 Å². The van der Waals surface area contributed by atoms with Crippen LogP contribution in [0.5, 0.6) is 0 Å². The summed E-state index contributed by atoms with van der Waals surface area (Å²) in [6, 6.07) is 9.05. The SMILES string of the molecule is CCCCCCCCCCCCCCCCN(CCCCCCCCCCCCCC)c1ccccc1C. The van der Waals surface area contributed by atoms with Gasteiger partial charge in [-0.25, -0.2) is 0 Å². The van der Waals surface area contributed by atoms with Gasteiger partial charge in [-0.2, -0.15) is 0 Å². The van der Waals surface area contributed by atoms with Crippen LogP contribution in [0.3, 0.4) is 0 Å². The van der Waals surface area contributed by atoms with E-state index in [2.05, 4.69) is 49.9 Å². The summed E-state index contributed by atoms with van der Waals surface area (Å²) in [5.74, 6) is 0. The Morgan fingerprint density at radius 3 is 1.00 bits per heavy atom. The molecular formula is C37H69N. The number of benzene rings is 1. The number of para-hydroxylation sites is 1. The molecule has 0 saturated carbocycles. The van der Waals surface area contributed by atoms with Crippen molar-refractivity contribution in [1.82, 2.24) is 0 Å². The van der Waals surface area contributed by atoms with Gasteiger partial charge in [0.25, 0.3) is 0 Å².